The Morgan fingerprint density at radius 1 is 1.47 bits per heavy atom. The average molecular weight is 258 g/mol. The van der Waals surface area contributed by atoms with Crippen molar-refractivity contribution in [1.29, 1.82) is 0 Å². The summed E-state index contributed by atoms with van der Waals surface area (Å²) in [6, 6.07) is 2.54. The van der Waals surface area contributed by atoms with E-state index < -0.39 is 6.03 Å². The molecule has 1 aromatic rings. The van der Waals surface area contributed by atoms with E-state index in [0.717, 1.165) is 0 Å². The van der Waals surface area contributed by atoms with E-state index in [2.05, 4.69) is 10.5 Å². The van der Waals surface area contributed by atoms with Gasteiger partial charge < -0.3 is 15.2 Å². The summed E-state index contributed by atoms with van der Waals surface area (Å²) in [4.78, 5) is 10.4. The summed E-state index contributed by atoms with van der Waals surface area (Å²) in [5, 5.41) is 3.99. The van der Waals surface area contributed by atoms with Gasteiger partial charge in [-0.2, -0.15) is 5.10 Å². The molecule has 92 valence electrons. The number of methoxy groups -OCH3 is 2. The number of hydrogen-bond acceptors (Lipinski definition) is 4. The molecule has 0 heterocycles. The standard InChI is InChI=1S/C10H12ClN3O3/c1-16-8-4-6(5-13-14-10(12)15)3-7(11)9(8)17-2/h3-5H,1-2H3,(H3,12,14,15)/b13-5-. The normalized spacial score (nSPS) is 10.3. The Bertz CT molecular complexity index is 449. The molecule has 7 heteroatoms. The largest absolute Gasteiger partial charge is 0.493 e. The highest BCUT2D eigenvalue weighted by molar-refractivity contribution is 6.32. The third-order valence-corrected chi connectivity index (χ3v) is 2.13. The first kappa shape index (κ1) is 13.1. The van der Waals surface area contributed by atoms with Crippen LogP contribution in [-0.2, 0) is 0 Å². The van der Waals surface area contributed by atoms with Crippen LogP contribution in [0.4, 0.5) is 4.79 Å². The van der Waals surface area contributed by atoms with Crippen LogP contribution in [0.1, 0.15) is 5.56 Å². The maximum atomic E-state index is 10.4. The number of nitrogens with two attached hydrogens (primary N) is 1. The molecule has 0 fully saturated rings. The molecular weight excluding hydrogens is 246 g/mol. The van der Waals surface area contributed by atoms with Gasteiger partial charge in [-0.15, -0.1) is 0 Å². The quantitative estimate of drug-likeness (QED) is 0.631. The van der Waals surface area contributed by atoms with E-state index in [9.17, 15) is 4.79 Å². The maximum Gasteiger partial charge on any atom is 0.332 e. The monoisotopic (exact) mass is 257 g/mol. The van der Waals surface area contributed by atoms with Crippen LogP contribution in [-0.4, -0.2) is 26.5 Å². The van der Waals surface area contributed by atoms with Crippen molar-refractivity contribution < 1.29 is 14.3 Å². The number of nitrogens with one attached hydrogen (secondary N) is 1. The highest BCUT2D eigenvalue weighted by atomic mass is 35.5. The molecule has 0 spiro atoms. The fraction of sp³-hybridized carbons (Fsp3) is 0.200. The topological polar surface area (TPSA) is 85.9 Å². The van der Waals surface area contributed by atoms with Gasteiger partial charge in [-0.3, -0.25) is 0 Å². The molecule has 0 saturated heterocycles. The molecule has 2 amide bonds. The van der Waals surface area contributed by atoms with Crippen molar-refractivity contribution in [3.05, 3.63) is 22.7 Å². The van der Waals surface area contributed by atoms with E-state index in [4.69, 9.17) is 26.8 Å². The smallest absolute Gasteiger partial charge is 0.332 e. The molecule has 0 saturated carbocycles. The first-order chi connectivity index (χ1) is 8.08. The Labute approximate surface area is 103 Å². The number of ether oxygens (including phenoxy) is 2. The number of halogens is 1. The summed E-state index contributed by atoms with van der Waals surface area (Å²) in [7, 11) is 2.99. The fourth-order valence-electron chi connectivity index (χ4n) is 1.18. The van der Waals surface area contributed by atoms with Crippen molar-refractivity contribution in [2.75, 3.05) is 14.2 Å². The van der Waals surface area contributed by atoms with Crippen LogP contribution in [0.3, 0.4) is 0 Å². The summed E-state index contributed by atoms with van der Waals surface area (Å²) in [5.41, 5.74) is 7.57. The van der Waals surface area contributed by atoms with Crippen molar-refractivity contribution in [1.82, 2.24) is 5.43 Å². The lowest BCUT2D eigenvalue weighted by Crippen LogP contribution is -2.24. The molecule has 0 aliphatic rings. The molecule has 0 aliphatic carbocycles. The lowest BCUT2D eigenvalue weighted by atomic mass is 10.2. The molecule has 3 N–H and O–H groups in total. The van der Waals surface area contributed by atoms with Crippen LogP contribution in [0.2, 0.25) is 5.02 Å². The minimum atomic E-state index is -0.743. The van der Waals surface area contributed by atoms with Crippen LogP contribution in [0, 0.1) is 0 Å². The minimum Gasteiger partial charge on any atom is -0.493 e. The highest BCUT2D eigenvalue weighted by Crippen LogP contribution is 2.35. The predicted molar refractivity (Wildman–Crippen MR) is 64.9 cm³/mol. The Morgan fingerprint density at radius 2 is 2.18 bits per heavy atom. The van der Waals surface area contributed by atoms with Crippen LogP contribution >= 0.6 is 11.6 Å². The summed E-state index contributed by atoms with van der Waals surface area (Å²) in [6.07, 6.45) is 1.39. The van der Waals surface area contributed by atoms with E-state index in [1.165, 1.54) is 20.4 Å². The lowest BCUT2D eigenvalue weighted by molar-refractivity contribution is 0.249. The average Bonchev–Trinajstić information content (AvgIpc) is 2.27. The Balaban J connectivity index is 2.99. The third kappa shape index (κ3) is 3.53. The van der Waals surface area contributed by atoms with Gasteiger partial charge in [-0.1, -0.05) is 11.6 Å². The first-order valence-corrected chi connectivity index (χ1v) is 4.96. The Morgan fingerprint density at radius 3 is 2.71 bits per heavy atom. The van der Waals surface area contributed by atoms with Crippen molar-refractivity contribution in [3.63, 3.8) is 0 Å². The van der Waals surface area contributed by atoms with Gasteiger partial charge in [-0.05, 0) is 17.7 Å². The summed E-state index contributed by atoms with van der Waals surface area (Å²) in [6.45, 7) is 0. The maximum absolute atomic E-state index is 10.4. The number of rotatable bonds is 4. The SMILES string of the molecule is COc1cc(/C=N\NC(N)=O)cc(Cl)c1OC. The first-order valence-electron chi connectivity index (χ1n) is 4.58. The number of nitrogens with zero attached hydrogens (tertiary/aromatic N) is 1. The number of hydrogen-bond donors (Lipinski definition) is 2. The molecular formula is C10H12ClN3O3. The van der Waals surface area contributed by atoms with Crippen molar-refractivity contribution in [3.8, 4) is 11.5 Å². The number of benzene rings is 1. The molecule has 0 atom stereocenters. The fourth-order valence-corrected chi connectivity index (χ4v) is 1.48. The van der Waals surface area contributed by atoms with E-state index >= 15 is 0 Å². The van der Waals surface area contributed by atoms with Gasteiger partial charge in [0.05, 0.1) is 25.5 Å². The highest BCUT2D eigenvalue weighted by Gasteiger charge is 2.09. The van der Waals surface area contributed by atoms with Crippen LogP contribution in [0.25, 0.3) is 0 Å². The van der Waals surface area contributed by atoms with Gasteiger partial charge in [0, 0.05) is 0 Å². The second-order valence-electron chi connectivity index (χ2n) is 2.97. The van der Waals surface area contributed by atoms with E-state index in [1.807, 2.05) is 0 Å². The molecule has 0 bridgehead atoms. The molecule has 6 nitrogen and oxygen atoms in total. The van der Waals surface area contributed by atoms with Gasteiger partial charge >= 0.3 is 6.03 Å². The lowest BCUT2D eigenvalue weighted by Gasteiger charge is -2.09. The van der Waals surface area contributed by atoms with E-state index in [1.54, 1.807) is 12.1 Å². The number of hydrazone groups is 1. The van der Waals surface area contributed by atoms with Gasteiger partial charge in [0.2, 0.25) is 0 Å². The zero-order chi connectivity index (χ0) is 12.8. The van der Waals surface area contributed by atoms with Gasteiger partial charge in [-0.25, -0.2) is 10.2 Å². The molecule has 0 radical (unpaired) electrons. The molecule has 0 unspecified atom stereocenters. The van der Waals surface area contributed by atoms with Gasteiger partial charge in [0.25, 0.3) is 0 Å². The number of amides is 2. The number of urea groups is 1. The third-order valence-electron chi connectivity index (χ3n) is 1.84. The van der Waals surface area contributed by atoms with Crippen LogP contribution < -0.4 is 20.6 Å². The number of carbonyl (C=O) groups is 1. The Hall–Kier alpha value is -1.95. The van der Waals surface area contributed by atoms with Gasteiger partial charge in [0.15, 0.2) is 11.5 Å². The second kappa shape index (κ2) is 5.95. The number of primary amides is 1. The summed E-state index contributed by atoms with van der Waals surface area (Å²) >= 11 is 5.98. The molecule has 0 aliphatic heterocycles. The minimum absolute atomic E-state index is 0.382. The van der Waals surface area contributed by atoms with Crippen LogP contribution in [0.15, 0.2) is 17.2 Å². The van der Waals surface area contributed by atoms with Crippen molar-refractivity contribution >= 4 is 23.8 Å². The predicted octanol–water partition coefficient (Wildman–Crippen LogP) is 1.36. The molecule has 0 aromatic heterocycles. The molecule has 1 aromatic carbocycles. The number of carbonyl (C=O) groups excluding carboxylic acids is 1. The van der Waals surface area contributed by atoms with Crippen molar-refractivity contribution in [2.24, 2.45) is 10.8 Å². The summed E-state index contributed by atoms with van der Waals surface area (Å²) < 4.78 is 10.2. The molecule has 1 rings (SSSR count). The van der Waals surface area contributed by atoms with Crippen LogP contribution in [0.5, 0.6) is 11.5 Å². The molecule has 17 heavy (non-hydrogen) atoms. The zero-order valence-electron chi connectivity index (χ0n) is 9.36. The van der Waals surface area contributed by atoms with Gasteiger partial charge in [0.1, 0.15) is 0 Å². The Kier molecular flexibility index (Phi) is 4.59. The zero-order valence-corrected chi connectivity index (χ0v) is 10.1. The second-order valence-corrected chi connectivity index (χ2v) is 3.38. The van der Waals surface area contributed by atoms with Crippen molar-refractivity contribution in [2.45, 2.75) is 0 Å². The van der Waals surface area contributed by atoms with E-state index in [0.29, 0.717) is 22.1 Å². The van der Waals surface area contributed by atoms with E-state index in [-0.39, 0.29) is 0 Å². The summed E-state index contributed by atoms with van der Waals surface area (Å²) in [5.74, 6) is 0.912.